The zero-order chi connectivity index (χ0) is 10.8. The highest BCUT2D eigenvalue weighted by Crippen LogP contribution is 2.21. The second-order valence-corrected chi connectivity index (χ2v) is 3.22. The molecule has 78 valence electrons. The third-order valence-electron chi connectivity index (χ3n) is 2.08. The van der Waals surface area contributed by atoms with Crippen molar-refractivity contribution in [2.45, 2.75) is 20.0 Å². The Balaban J connectivity index is 2.73. The highest BCUT2D eigenvalue weighted by Gasteiger charge is 2.26. The standard InChI is InChI=1S/C10H12F3N/c1-7-4-3-5-9(8(7)2)14-6-10(11,12)13/h3-5,14H,6H2,1-2H3. The number of benzene rings is 1. The SMILES string of the molecule is Cc1cccc(NCC(F)(F)F)c1C. The van der Waals surface area contributed by atoms with Crippen molar-refractivity contribution < 1.29 is 13.2 Å². The minimum Gasteiger partial charge on any atom is -0.376 e. The summed E-state index contributed by atoms with van der Waals surface area (Å²) in [7, 11) is 0. The fourth-order valence-electron chi connectivity index (χ4n) is 1.14. The number of rotatable bonds is 2. The van der Waals surface area contributed by atoms with Gasteiger partial charge in [0.05, 0.1) is 0 Å². The van der Waals surface area contributed by atoms with E-state index in [4.69, 9.17) is 0 Å². The molecular weight excluding hydrogens is 191 g/mol. The third-order valence-corrected chi connectivity index (χ3v) is 2.08. The topological polar surface area (TPSA) is 12.0 Å². The summed E-state index contributed by atoms with van der Waals surface area (Å²) in [6.45, 7) is 2.68. The smallest absolute Gasteiger partial charge is 0.376 e. The molecule has 4 heteroatoms. The fraction of sp³-hybridized carbons (Fsp3) is 0.400. The maximum Gasteiger partial charge on any atom is 0.405 e. The van der Waals surface area contributed by atoms with Gasteiger partial charge in [-0.3, -0.25) is 0 Å². The lowest BCUT2D eigenvalue weighted by Crippen LogP contribution is -2.21. The molecule has 0 heterocycles. The molecular formula is C10H12F3N. The van der Waals surface area contributed by atoms with E-state index in [0.717, 1.165) is 11.1 Å². The summed E-state index contributed by atoms with van der Waals surface area (Å²) in [6, 6.07) is 5.25. The molecule has 0 aliphatic carbocycles. The monoisotopic (exact) mass is 203 g/mol. The van der Waals surface area contributed by atoms with Crippen LogP contribution in [0.25, 0.3) is 0 Å². The molecule has 0 saturated carbocycles. The Morgan fingerprint density at radius 1 is 1.21 bits per heavy atom. The first-order valence-corrected chi connectivity index (χ1v) is 4.27. The van der Waals surface area contributed by atoms with Crippen molar-refractivity contribution in [3.63, 3.8) is 0 Å². The maximum absolute atomic E-state index is 11.9. The summed E-state index contributed by atoms with van der Waals surface area (Å²) in [6.07, 6.45) is -4.17. The lowest BCUT2D eigenvalue weighted by atomic mass is 10.1. The van der Waals surface area contributed by atoms with Crippen molar-refractivity contribution in [1.29, 1.82) is 0 Å². The first kappa shape index (κ1) is 10.9. The van der Waals surface area contributed by atoms with Crippen LogP contribution in [-0.4, -0.2) is 12.7 Å². The van der Waals surface area contributed by atoms with Gasteiger partial charge < -0.3 is 5.32 Å². The van der Waals surface area contributed by atoms with Gasteiger partial charge in [0.25, 0.3) is 0 Å². The summed E-state index contributed by atoms with van der Waals surface area (Å²) in [5, 5.41) is 2.37. The van der Waals surface area contributed by atoms with E-state index in [0.29, 0.717) is 5.69 Å². The molecule has 1 nitrogen and oxygen atoms in total. The van der Waals surface area contributed by atoms with Crippen LogP contribution >= 0.6 is 0 Å². The second kappa shape index (κ2) is 3.90. The summed E-state index contributed by atoms with van der Waals surface area (Å²) < 4.78 is 35.7. The van der Waals surface area contributed by atoms with Crippen molar-refractivity contribution in [3.8, 4) is 0 Å². The number of hydrogen-bond donors (Lipinski definition) is 1. The van der Waals surface area contributed by atoms with Gasteiger partial charge in [-0.1, -0.05) is 12.1 Å². The number of aryl methyl sites for hydroxylation is 1. The number of hydrogen-bond acceptors (Lipinski definition) is 1. The highest BCUT2D eigenvalue weighted by molar-refractivity contribution is 5.53. The van der Waals surface area contributed by atoms with Gasteiger partial charge in [-0.25, -0.2) is 0 Å². The quantitative estimate of drug-likeness (QED) is 0.777. The van der Waals surface area contributed by atoms with Gasteiger partial charge in [-0.05, 0) is 31.0 Å². The van der Waals surface area contributed by atoms with E-state index in [-0.39, 0.29) is 0 Å². The predicted octanol–water partition coefficient (Wildman–Crippen LogP) is 3.28. The second-order valence-electron chi connectivity index (χ2n) is 3.22. The van der Waals surface area contributed by atoms with E-state index < -0.39 is 12.7 Å². The van der Waals surface area contributed by atoms with E-state index in [2.05, 4.69) is 5.32 Å². The Labute approximate surface area is 80.9 Å². The van der Waals surface area contributed by atoms with Crippen LogP contribution in [0.1, 0.15) is 11.1 Å². The Kier molecular flexibility index (Phi) is 3.03. The predicted molar refractivity (Wildman–Crippen MR) is 50.5 cm³/mol. The van der Waals surface area contributed by atoms with Gasteiger partial charge in [0.2, 0.25) is 0 Å². The largest absolute Gasteiger partial charge is 0.405 e. The number of anilines is 1. The Morgan fingerprint density at radius 2 is 1.86 bits per heavy atom. The van der Waals surface area contributed by atoms with Crippen LogP contribution in [0.2, 0.25) is 0 Å². The van der Waals surface area contributed by atoms with Gasteiger partial charge in [-0.15, -0.1) is 0 Å². The number of nitrogens with one attached hydrogen (secondary N) is 1. The first-order chi connectivity index (χ1) is 6.40. The summed E-state index contributed by atoms with van der Waals surface area (Å²) in [5.41, 5.74) is 2.39. The molecule has 1 rings (SSSR count). The van der Waals surface area contributed by atoms with Crippen molar-refractivity contribution in [1.82, 2.24) is 0 Å². The molecule has 0 fully saturated rings. The normalized spacial score (nSPS) is 11.5. The average Bonchev–Trinajstić information content (AvgIpc) is 2.06. The molecule has 0 atom stereocenters. The maximum atomic E-state index is 11.9. The minimum absolute atomic E-state index is 0.544. The van der Waals surface area contributed by atoms with Crippen LogP contribution in [-0.2, 0) is 0 Å². The molecule has 0 saturated heterocycles. The third kappa shape index (κ3) is 2.94. The van der Waals surface area contributed by atoms with E-state index in [9.17, 15) is 13.2 Å². The van der Waals surface area contributed by atoms with E-state index in [1.807, 2.05) is 13.0 Å². The summed E-state index contributed by atoms with van der Waals surface area (Å²) in [4.78, 5) is 0. The van der Waals surface area contributed by atoms with Crippen LogP contribution < -0.4 is 5.32 Å². The van der Waals surface area contributed by atoms with Gasteiger partial charge in [-0.2, -0.15) is 13.2 Å². The molecule has 0 aliphatic heterocycles. The van der Waals surface area contributed by atoms with Crippen LogP contribution in [0.15, 0.2) is 18.2 Å². The molecule has 0 aromatic heterocycles. The molecule has 0 aliphatic rings. The van der Waals surface area contributed by atoms with E-state index >= 15 is 0 Å². The number of halogens is 3. The molecule has 0 radical (unpaired) electrons. The van der Waals surface area contributed by atoms with E-state index in [1.54, 1.807) is 19.1 Å². The first-order valence-electron chi connectivity index (χ1n) is 4.27. The van der Waals surface area contributed by atoms with Gasteiger partial charge in [0, 0.05) is 5.69 Å². The Morgan fingerprint density at radius 3 is 2.43 bits per heavy atom. The van der Waals surface area contributed by atoms with Crippen molar-refractivity contribution in [3.05, 3.63) is 29.3 Å². The van der Waals surface area contributed by atoms with E-state index in [1.165, 1.54) is 0 Å². The van der Waals surface area contributed by atoms with Crippen LogP contribution in [0.4, 0.5) is 18.9 Å². The van der Waals surface area contributed by atoms with Gasteiger partial charge in [0.15, 0.2) is 0 Å². The van der Waals surface area contributed by atoms with Crippen molar-refractivity contribution in [2.24, 2.45) is 0 Å². The zero-order valence-corrected chi connectivity index (χ0v) is 8.07. The highest BCUT2D eigenvalue weighted by atomic mass is 19.4. The molecule has 1 N–H and O–H groups in total. The molecule has 1 aromatic carbocycles. The number of alkyl halides is 3. The van der Waals surface area contributed by atoms with Crippen LogP contribution in [0.5, 0.6) is 0 Å². The lowest BCUT2D eigenvalue weighted by Gasteiger charge is -2.12. The summed E-state index contributed by atoms with van der Waals surface area (Å²) in [5.74, 6) is 0. The average molecular weight is 203 g/mol. The molecule has 0 bridgehead atoms. The molecule has 0 amide bonds. The van der Waals surface area contributed by atoms with Crippen LogP contribution in [0.3, 0.4) is 0 Å². The molecule has 14 heavy (non-hydrogen) atoms. The minimum atomic E-state index is -4.17. The molecule has 0 unspecified atom stereocenters. The van der Waals surface area contributed by atoms with Crippen LogP contribution in [0, 0.1) is 13.8 Å². The van der Waals surface area contributed by atoms with Gasteiger partial charge in [0.1, 0.15) is 6.54 Å². The van der Waals surface area contributed by atoms with Crippen molar-refractivity contribution in [2.75, 3.05) is 11.9 Å². The lowest BCUT2D eigenvalue weighted by molar-refractivity contribution is -0.115. The Hall–Kier alpha value is -1.19. The fourth-order valence-corrected chi connectivity index (χ4v) is 1.14. The van der Waals surface area contributed by atoms with Gasteiger partial charge >= 0.3 is 6.18 Å². The zero-order valence-electron chi connectivity index (χ0n) is 8.07. The Bertz CT molecular complexity index is 318. The van der Waals surface area contributed by atoms with Crippen molar-refractivity contribution >= 4 is 5.69 Å². The molecule has 1 aromatic rings. The summed E-state index contributed by atoms with van der Waals surface area (Å²) >= 11 is 0. The molecule has 0 spiro atoms.